The molecule has 0 aliphatic rings. The summed E-state index contributed by atoms with van der Waals surface area (Å²) in [5.41, 5.74) is 0.607. The van der Waals surface area contributed by atoms with Crippen molar-refractivity contribution in [1.29, 1.82) is 0 Å². The van der Waals surface area contributed by atoms with E-state index in [2.05, 4.69) is 9.72 Å². The van der Waals surface area contributed by atoms with Gasteiger partial charge in [0.15, 0.2) is 0 Å². The smallest absolute Gasteiger partial charge is 0.308 e. The molecule has 0 unspecified atom stereocenters. The summed E-state index contributed by atoms with van der Waals surface area (Å²) in [7, 11) is 5.06. The van der Waals surface area contributed by atoms with E-state index in [-0.39, 0.29) is 6.42 Å². The van der Waals surface area contributed by atoms with Crippen LogP contribution in [0.25, 0.3) is 0 Å². The first-order valence-electron chi connectivity index (χ1n) is 4.92. The van der Waals surface area contributed by atoms with Crippen LogP contribution >= 0.6 is 0 Å². The van der Waals surface area contributed by atoms with Crippen LogP contribution in [0.5, 0.6) is 0 Å². The first-order chi connectivity index (χ1) is 7.54. The molecule has 0 amide bonds. The first kappa shape index (κ1) is 12.4. The van der Waals surface area contributed by atoms with E-state index in [9.17, 15) is 9.90 Å². The second-order valence-electron chi connectivity index (χ2n) is 3.64. The maximum Gasteiger partial charge on any atom is 0.308 e. The monoisotopic (exact) mass is 224 g/mol. The number of ether oxygens (including phenoxy) is 1. The summed E-state index contributed by atoms with van der Waals surface area (Å²) < 4.78 is 4.48. The Morgan fingerprint density at radius 3 is 2.69 bits per heavy atom. The predicted octanol–water partition coefficient (Wildman–Crippen LogP) is 0.744. The number of pyridine rings is 1. The molecule has 0 radical (unpaired) electrons. The second kappa shape index (κ2) is 5.46. The summed E-state index contributed by atoms with van der Waals surface area (Å²) in [6.45, 7) is 0. The van der Waals surface area contributed by atoms with E-state index in [0.29, 0.717) is 5.56 Å². The lowest BCUT2D eigenvalue weighted by atomic mass is 10.1. The van der Waals surface area contributed by atoms with E-state index in [0.717, 1.165) is 5.82 Å². The fourth-order valence-corrected chi connectivity index (χ4v) is 1.22. The van der Waals surface area contributed by atoms with Crippen molar-refractivity contribution >= 4 is 11.8 Å². The number of carbonyl (C=O) groups is 1. The molecule has 0 spiro atoms. The molecule has 5 heteroatoms. The molecule has 16 heavy (non-hydrogen) atoms. The normalized spacial score (nSPS) is 12.0. The van der Waals surface area contributed by atoms with Crippen molar-refractivity contribution in [3.05, 3.63) is 23.9 Å². The Morgan fingerprint density at radius 2 is 2.25 bits per heavy atom. The van der Waals surface area contributed by atoms with Crippen LogP contribution in [-0.4, -0.2) is 37.3 Å². The Morgan fingerprint density at radius 1 is 1.56 bits per heavy atom. The van der Waals surface area contributed by atoms with Crippen LogP contribution in [0.1, 0.15) is 18.1 Å². The van der Waals surface area contributed by atoms with Gasteiger partial charge in [0.25, 0.3) is 0 Å². The number of aliphatic hydroxyl groups excluding tert-OH is 1. The molecule has 0 fully saturated rings. The van der Waals surface area contributed by atoms with Crippen LogP contribution in [0, 0.1) is 0 Å². The number of methoxy groups -OCH3 is 1. The highest BCUT2D eigenvalue weighted by Gasteiger charge is 2.13. The van der Waals surface area contributed by atoms with E-state index in [4.69, 9.17) is 0 Å². The molecule has 0 aromatic carbocycles. The topological polar surface area (TPSA) is 62.7 Å². The Labute approximate surface area is 94.7 Å². The van der Waals surface area contributed by atoms with Gasteiger partial charge in [0.2, 0.25) is 0 Å². The summed E-state index contributed by atoms with van der Waals surface area (Å²) in [5.74, 6) is 0.359. The summed E-state index contributed by atoms with van der Waals surface area (Å²) in [4.78, 5) is 17.0. The molecule has 5 nitrogen and oxygen atoms in total. The molecule has 1 aromatic rings. The average Bonchev–Trinajstić information content (AvgIpc) is 2.28. The highest BCUT2D eigenvalue weighted by molar-refractivity contribution is 5.70. The summed E-state index contributed by atoms with van der Waals surface area (Å²) >= 11 is 0. The molecule has 88 valence electrons. The van der Waals surface area contributed by atoms with Gasteiger partial charge in [0.1, 0.15) is 5.82 Å². The Bertz CT molecular complexity index is 349. The van der Waals surface area contributed by atoms with Crippen molar-refractivity contribution in [2.45, 2.75) is 12.5 Å². The number of hydrogen-bond donors (Lipinski definition) is 1. The number of carbonyl (C=O) groups excluding carboxylic acids is 1. The van der Waals surface area contributed by atoms with Crippen LogP contribution in [0.4, 0.5) is 5.82 Å². The van der Waals surface area contributed by atoms with Crippen molar-refractivity contribution in [2.24, 2.45) is 0 Å². The van der Waals surface area contributed by atoms with Gasteiger partial charge in [-0.2, -0.15) is 0 Å². The summed E-state index contributed by atoms with van der Waals surface area (Å²) in [6, 6.07) is 3.53. The number of hydrogen-bond acceptors (Lipinski definition) is 5. The third kappa shape index (κ3) is 3.20. The number of aliphatic hydroxyl groups is 1. The van der Waals surface area contributed by atoms with Gasteiger partial charge in [-0.05, 0) is 11.6 Å². The lowest BCUT2D eigenvalue weighted by Crippen LogP contribution is -2.12. The Hall–Kier alpha value is -1.62. The quantitative estimate of drug-likeness (QED) is 0.764. The zero-order valence-corrected chi connectivity index (χ0v) is 9.67. The standard InChI is InChI=1S/C11H16N2O3/c1-13(2)10-5-4-8(7-12-10)9(14)6-11(15)16-3/h4-5,7,9,14H,6H2,1-3H3/t9-/m1/s1. The molecular formula is C11H16N2O3. The van der Waals surface area contributed by atoms with Crippen molar-refractivity contribution in [3.8, 4) is 0 Å². The zero-order chi connectivity index (χ0) is 12.1. The number of rotatable bonds is 4. The van der Waals surface area contributed by atoms with Gasteiger partial charge < -0.3 is 14.7 Å². The maximum absolute atomic E-state index is 11.0. The van der Waals surface area contributed by atoms with Crippen molar-refractivity contribution in [3.63, 3.8) is 0 Å². The molecule has 1 heterocycles. The lowest BCUT2D eigenvalue weighted by Gasteiger charge is -2.13. The van der Waals surface area contributed by atoms with Crippen molar-refractivity contribution in [2.75, 3.05) is 26.1 Å². The minimum atomic E-state index is -0.865. The van der Waals surface area contributed by atoms with Gasteiger partial charge >= 0.3 is 5.97 Å². The highest BCUT2D eigenvalue weighted by Crippen LogP contribution is 2.18. The van der Waals surface area contributed by atoms with Crippen LogP contribution < -0.4 is 4.90 Å². The van der Waals surface area contributed by atoms with Crippen LogP contribution in [0.15, 0.2) is 18.3 Å². The fraction of sp³-hybridized carbons (Fsp3) is 0.455. The number of nitrogens with zero attached hydrogens (tertiary/aromatic N) is 2. The molecule has 0 saturated carbocycles. The molecular weight excluding hydrogens is 208 g/mol. The predicted molar refractivity (Wildman–Crippen MR) is 60.2 cm³/mol. The minimum absolute atomic E-state index is 0.0561. The lowest BCUT2D eigenvalue weighted by molar-refractivity contribution is -0.142. The number of esters is 1. The second-order valence-corrected chi connectivity index (χ2v) is 3.64. The number of anilines is 1. The molecule has 1 aromatic heterocycles. The third-order valence-corrected chi connectivity index (χ3v) is 2.20. The summed E-state index contributed by atoms with van der Waals surface area (Å²) in [5, 5.41) is 9.70. The van der Waals surface area contributed by atoms with Gasteiger partial charge in [0, 0.05) is 20.3 Å². The van der Waals surface area contributed by atoms with Crippen LogP contribution in [-0.2, 0) is 9.53 Å². The molecule has 0 aliphatic heterocycles. The minimum Gasteiger partial charge on any atom is -0.469 e. The molecule has 1 rings (SSSR count). The van der Waals surface area contributed by atoms with Crippen LogP contribution in [0.3, 0.4) is 0 Å². The van der Waals surface area contributed by atoms with Gasteiger partial charge in [-0.3, -0.25) is 4.79 Å². The largest absolute Gasteiger partial charge is 0.469 e. The van der Waals surface area contributed by atoms with Gasteiger partial charge in [-0.1, -0.05) is 6.07 Å². The van der Waals surface area contributed by atoms with E-state index in [1.165, 1.54) is 7.11 Å². The molecule has 0 bridgehead atoms. The van der Waals surface area contributed by atoms with Crippen molar-refractivity contribution < 1.29 is 14.6 Å². The van der Waals surface area contributed by atoms with E-state index in [1.807, 2.05) is 19.0 Å². The zero-order valence-electron chi connectivity index (χ0n) is 9.67. The van der Waals surface area contributed by atoms with E-state index >= 15 is 0 Å². The molecule has 1 atom stereocenters. The van der Waals surface area contributed by atoms with Gasteiger partial charge in [-0.15, -0.1) is 0 Å². The van der Waals surface area contributed by atoms with Crippen LogP contribution in [0.2, 0.25) is 0 Å². The third-order valence-electron chi connectivity index (χ3n) is 2.20. The highest BCUT2D eigenvalue weighted by atomic mass is 16.5. The fourth-order valence-electron chi connectivity index (χ4n) is 1.22. The van der Waals surface area contributed by atoms with Gasteiger partial charge in [0.05, 0.1) is 19.6 Å². The van der Waals surface area contributed by atoms with E-state index in [1.54, 1.807) is 18.3 Å². The number of aromatic nitrogens is 1. The first-order valence-corrected chi connectivity index (χ1v) is 4.92. The average molecular weight is 224 g/mol. The Kier molecular flexibility index (Phi) is 4.25. The SMILES string of the molecule is COC(=O)C[C@@H](O)c1ccc(N(C)C)nc1. The van der Waals surface area contributed by atoms with Gasteiger partial charge in [-0.25, -0.2) is 4.98 Å². The Balaban J connectivity index is 2.70. The van der Waals surface area contributed by atoms with E-state index < -0.39 is 12.1 Å². The maximum atomic E-state index is 11.0. The van der Waals surface area contributed by atoms with Crippen molar-refractivity contribution in [1.82, 2.24) is 4.98 Å². The summed E-state index contributed by atoms with van der Waals surface area (Å²) in [6.07, 6.45) is 0.638. The molecule has 0 aliphatic carbocycles. The molecule has 0 saturated heterocycles. The molecule has 1 N–H and O–H groups in total.